The van der Waals surface area contributed by atoms with Crippen LogP contribution in [0.15, 0.2) is 98.1 Å². The molecule has 0 aliphatic carbocycles. The molecule has 2 N–H and O–H groups in total. The predicted molar refractivity (Wildman–Crippen MR) is 185 cm³/mol. The Balaban J connectivity index is 1.32. The highest BCUT2D eigenvalue weighted by Crippen LogP contribution is 2.59. The zero-order valence-electron chi connectivity index (χ0n) is 27.7. The molecule has 3 aromatic rings. The van der Waals surface area contributed by atoms with E-state index >= 15 is 0 Å². The van der Waals surface area contributed by atoms with Crippen LogP contribution in [-0.4, -0.2) is 77.2 Å². The molecule has 7 atom stereocenters. The van der Waals surface area contributed by atoms with Gasteiger partial charge in [0.1, 0.15) is 17.7 Å². The number of aliphatic hydroxyl groups excluding tert-OH is 1. The van der Waals surface area contributed by atoms with Crippen LogP contribution in [0.25, 0.3) is 10.8 Å². The van der Waals surface area contributed by atoms with E-state index in [0.29, 0.717) is 30.5 Å². The van der Waals surface area contributed by atoms with Gasteiger partial charge in [-0.05, 0) is 54.7 Å². The van der Waals surface area contributed by atoms with Crippen molar-refractivity contribution in [3.05, 3.63) is 104 Å². The highest BCUT2D eigenvalue weighted by atomic mass is 16.6. The summed E-state index contributed by atoms with van der Waals surface area (Å²) >= 11 is 0. The van der Waals surface area contributed by atoms with Gasteiger partial charge >= 0.3 is 5.97 Å². The summed E-state index contributed by atoms with van der Waals surface area (Å²) in [5.74, 6) is -3.57. The molecule has 3 aliphatic heterocycles. The highest BCUT2D eigenvalue weighted by molar-refractivity contribution is 6.05. The van der Waals surface area contributed by atoms with Gasteiger partial charge in [-0.2, -0.15) is 0 Å². The number of allylic oxidation sites excluding steroid dienone is 1. The Morgan fingerprint density at radius 1 is 1.08 bits per heavy atom. The first-order valence-electron chi connectivity index (χ1n) is 16.9. The van der Waals surface area contributed by atoms with Crippen LogP contribution >= 0.6 is 0 Å². The van der Waals surface area contributed by atoms with Crippen LogP contribution in [0, 0.1) is 11.8 Å². The summed E-state index contributed by atoms with van der Waals surface area (Å²) in [7, 11) is 0. The number of nitrogens with zero attached hydrogens (tertiary/aromatic N) is 2. The molecule has 49 heavy (non-hydrogen) atoms. The van der Waals surface area contributed by atoms with E-state index in [1.807, 2.05) is 72.8 Å². The number of carbonyl (C=O) groups is 4. The Bertz CT molecular complexity index is 1740. The molecule has 2 bridgehead atoms. The van der Waals surface area contributed by atoms with Gasteiger partial charge in [0, 0.05) is 18.7 Å². The minimum Gasteiger partial charge on any atom is -0.455 e. The Hall–Kier alpha value is -4.80. The number of likely N-dealkylation sites (tertiary alicyclic amines) is 1. The van der Waals surface area contributed by atoms with Crippen molar-refractivity contribution in [2.75, 3.05) is 24.6 Å². The lowest BCUT2D eigenvalue weighted by atomic mass is 9.70. The van der Waals surface area contributed by atoms with Crippen molar-refractivity contribution in [2.45, 2.75) is 62.5 Å². The van der Waals surface area contributed by atoms with Gasteiger partial charge in [0.2, 0.25) is 11.8 Å². The molecule has 3 aromatic carbocycles. The number of nitrogens with one attached hydrogen (secondary N) is 1. The van der Waals surface area contributed by atoms with Crippen molar-refractivity contribution in [2.24, 2.45) is 11.8 Å². The standard InChI is InChI=1S/C39H43N3O7/c1-4-6-16-32(44)40-23-31(27-13-8-7-9-14-27)48-38(47)33-30-19-20-39(49-30)34(33)36(45)42(25(3)24-43)35(39)37(46)41(21-5-2)29-18-17-26-12-10-11-15-28(26)22-29/h4-5,7-15,17-18,22,25,30-31,33-35,43H,1-2,6,16,19-21,23-24H2,3H3,(H,40,44)/t25-,30+,31-,33-,34-,35+,39-/m1/s1. The van der Waals surface area contributed by atoms with E-state index in [4.69, 9.17) is 9.47 Å². The monoisotopic (exact) mass is 665 g/mol. The van der Waals surface area contributed by atoms with Crippen molar-refractivity contribution >= 4 is 40.2 Å². The summed E-state index contributed by atoms with van der Waals surface area (Å²) in [4.78, 5) is 58.9. The number of esters is 1. The fourth-order valence-electron chi connectivity index (χ4n) is 7.79. The maximum Gasteiger partial charge on any atom is 0.313 e. The third-order valence-electron chi connectivity index (χ3n) is 10.1. The maximum absolute atomic E-state index is 14.8. The highest BCUT2D eigenvalue weighted by Gasteiger charge is 2.75. The molecule has 3 heterocycles. The van der Waals surface area contributed by atoms with E-state index in [0.717, 1.165) is 10.8 Å². The number of aliphatic hydroxyl groups is 1. The van der Waals surface area contributed by atoms with Gasteiger partial charge in [0.05, 0.1) is 37.1 Å². The van der Waals surface area contributed by atoms with Crippen LogP contribution in [0.4, 0.5) is 5.69 Å². The predicted octanol–water partition coefficient (Wildman–Crippen LogP) is 4.48. The van der Waals surface area contributed by atoms with Crippen molar-refractivity contribution in [3.8, 4) is 0 Å². The van der Waals surface area contributed by atoms with Gasteiger partial charge in [-0.1, -0.05) is 72.8 Å². The van der Waals surface area contributed by atoms with Crippen LogP contribution in [0.3, 0.4) is 0 Å². The van der Waals surface area contributed by atoms with Crippen LogP contribution in [0.2, 0.25) is 0 Å². The Kier molecular flexibility index (Phi) is 9.99. The Morgan fingerprint density at radius 3 is 2.53 bits per heavy atom. The number of hydrogen-bond acceptors (Lipinski definition) is 7. The number of amides is 3. The van der Waals surface area contributed by atoms with Crippen LogP contribution in [-0.2, 0) is 28.7 Å². The second-order valence-corrected chi connectivity index (χ2v) is 13.1. The number of benzene rings is 3. The summed E-state index contributed by atoms with van der Waals surface area (Å²) in [6, 6.07) is 20.9. The lowest BCUT2D eigenvalue weighted by Gasteiger charge is -2.38. The topological polar surface area (TPSA) is 125 Å². The minimum absolute atomic E-state index is 0.0464. The molecule has 6 rings (SSSR count). The number of anilines is 1. The molecule has 1 spiro atoms. The molecule has 0 saturated carbocycles. The smallest absolute Gasteiger partial charge is 0.313 e. The molecule has 3 saturated heterocycles. The molecule has 10 nitrogen and oxygen atoms in total. The van der Waals surface area contributed by atoms with E-state index in [9.17, 15) is 24.3 Å². The summed E-state index contributed by atoms with van der Waals surface area (Å²) in [6.07, 6.45) is 3.48. The number of carbonyl (C=O) groups excluding carboxylic acids is 4. The average Bonchev–Trinajstić information content (AvgIpc) is 3.78. The van der Waals surface area contributed by atoms with E-state index in [-0.39, 0.29) is 37.9 Å². The zero-order valence-corrected chi connectivity index (χ0v) is 27.7. The molecule has 3 fully saturated rings. The fourth-order valence-corrected chi connectivity index (χ4v) is 7.79. The minimum atomic E-state index is -1.29. The lowest BCUT2D eigenvalue weighted by molar-refractivity contribution is -0.161. The van der Waals surface area contributed by atoms with Gasteiger partial charge in [0.15, 0.2) is 0 Å². The van der Waals surface area contributed by atoms with E-state index in [1.165, 1.54) is 4.90 Å². The third-order valence-corrected chi connectivity index (χ3v) is 10.1. The molecular weight excluding hydrogens is 622 g/mol. The van der Waals surface area contributed by atoms with Crippen LogP contribution in [0.5, 0.6) is 0 Å². The third kappa shape index (κ3) is 6.26. The molecule has 3 amide bonds. The van der Waals surface area contributed by atoms with E-state index in [1.54, 1.807) is 24.0 Å². The van der Waals surface area contributed by atoms with Gasteiger partial charge in [-0.25, -0.2) is 0 Å². The maximum atomic E-state index is 14.8. The first-order valence-corrected chi connectivity index (χ1v) is 16.9. The van der Waals surface area contributed by atoms with E-state index < -0.39 is 53.6 Å². The van der Waals surface area contributed by atoms with Gasteiger partial charge in [-0.3, -0.25) is 19.2 Å². The fraction of sp³-hybridized carbons (Fsp3) is 0.385. The van der Waals surface area contributed by atoms with Crippen molar-refractivity contribution < 1.29 is 33.8 Å². The van der Waals surface area contributed by atoms with Gasteiger partial charge in [0.25, 0.3) is 5.91 Å². The summed E-state index contributed by atoms with van der Waals surface area (Å²) in [5, 5.41) is 15.1. The largest absolute Gasteiger partial charge is 0.455 e. The first kappa shape index (κ1) is 34.1. The SMILES string of the molecule is C=CCCC(=O)NC[C@@H](OC(=O)[C@@H]1[C@@H]2CC[C@]3(O2)[C@H](C(=O)N(CC=C)c2ccc4ccccc4c2)N([C@H](C)CO)C(=O)[C@@H]13)c1ccccc1. The van der Waals surface area contributed by atoms with Crippen molar-refractivity contribution in [1.82, 2.24) is 10.2 Å². The molecule has 3 aliphatic rings. The molecule has 256 valence electrons. The molecule has 0 unspecified atom stereocenters. The van der Waals surface area contributed by atoms with Gasteiger partial charge < -0.3 is 29.7 Å². The number of fused-ring (bicyclic) bond motifs is 2. The van der Waals surface area contributed by atoms with Crippen LogP contribution < -0.4 is 10.2 Å². The summed E-state index contributed by atoms with van der Waals surface area (Å²) in [6.45, 7) is 9.07. The zero-order chi connectivity index (χ0) is 34.7. The quantitative estimate of drug-likeness (QED) is 0.192. The molecular formula is C39H43N3O7. The first-order chi connectivity index (χ1) is 23.7. The Morgan fingerprint density at radius 2 is 1.82 bits per heavy atom. The van der Waals surface area contributed by atoms with Crippen molar-refractivity contribution in [3.63, 3.8) is 0 Å². The molecule has 0 radical (unpaired) electrons. The normalized spacial score (nSPS) is 25.0. The van der Waals surface area contributed by atoms with Gasteiger partial charge in [-0.15, -0.1) is 13.2 Å². The summed E-state index contributed by atoms with van der Waals surface area (Å²) < 4.78 is 12.7. The Labute approximate surface area is 286 Å². The number of ether oxygens (including phenoxy) is 2. The summed E-state index contributed by atoms with van der Waals surface area (Å²) in [5.41, 5.74) is 0.0379. The average molecular weight is 666 g/mol. The number of hydrogen-bond donors (Lipinski definition) is 2. The second kappa shape index (κ2) is 14.4. The second-order valence-electron chi connectivity index (χ2n) is 13.1. The molecule has 10 heteroatoms. The number of rotatable bonds is 14. The molecule has 0 aromatic heterocycles. The van der Waals surface area contributed by atoms with E-state index in [2.05, 4.69) is 18.5 Å². The van der Waals surface area contributed by atoms with Crippen molar-refractivity contribution in [1.29, 1.82) is 0 Å². The lowest BCUT2D eigenvalue weighted by Crippen LogP contribution is -2.58. The van der Waals surface area contributed by atoms with Crippen LogP contribution in [0.1, 0.15) is 44.3 Å².